The van der Waals surface area contributed by atoms with Crippen molar-refractivity contribution in [1.29, 1.82) is 0 Å². The van der Waals surface area contributed by atoms with Gasteiger partial charge >= 0.3 is 0 Å². The number of rotatable bonds is 3. The molecule has 0 saturated heterocycles. The fourth-order valence-electron chi connectivity index (χ4n) is 2.65. The van der Waals surface area contributed by atoms with E-state index in [9.17, 15) is 0 Å². The number of aromatic nitrogens is 2. The van der Waals surface area contributed by atoms with E-state index in [0.29, 0.717) is 5.02 Å². The molecule has 0 saturated carbocycles. The molecule has 0 spiro atoms. The lowest BCUT2D eigenvalue weighted by atomic mass is 10.1. The van der Waals surface area contributed by atoms with Crippen LogP contribution in [0, 0.1) is 0 Å². The van der Waals surface area contributed by atoms with Gasteiger partial charge in [-0.2, -0.15) is 5.10 Å². The molecule has 0 unspecified atom stereocenters. The van der Waals surface area contributed by atoms with Crippen LogP contribution < -0.4 is 5.32 Å². The Morgan fingerprint density at radius 2 is 1.78 bits per heavy atom. The van der Waals surface area contributed by atoms with Crippen molar-refractivity contribution in [3.8, 4) is 22.6 Å². The summed E-state index contributed by atoms with van der Waals surface area (Å²) in [6.45, 7) is 0. The van der Waals surface area contributed by atoms with Crippen molar-refractivity contribution in [3.63, 3.8) is 0 Å². The highest BCUT2D eigenvalue weighted by Crippen LogP contribution is 2.32. The average molecular weight is 324 g/mol. The molecule has 114 valence electrons. The second-order valence-corrected chi connectivity index (χ2v) is 5.69. The third-order valence-electron chi connectivity index (χ3n) is 3.80. The van der Waals surface area contributed by atoms with Crippen LogP contribution in [0.1, 0.15) is 0 Å². The van der Waals surface area contributed by atoms with Gasteiger partial charge in [0, 0.05) is 28.6 Å². The van der Waals surface area contributed by atoms with Crippen molar-refractivity contribution in [2.45, 2.75) is 0 Å². The normalized spacial score (nSPS) is 11.0. The second-order valence-electron chi connectivity index (χ2n) is 5.26. The first-order valence-electron chi connectivity index (χ1n) is 7.26. The molecule has 0 aliphatic rings. The molecule has 23 heavy (non-hydrogen) atoms. The van der Waals surface area contributed by atoms with Crippen LogP contribution in [0.25, 0.3) is 33.6 Å². The minimum absolute atomic E-state index is 0.693. The number of aromatic amines is 1. The van der Waals surface area contributed by atoms with E-state index in [4.69, 9.17) is 16.0 Å². The van der Waals surface area contributed by atoms with Crippen molar-refractivity contribution in [2.24, 2.45) is 0 Å². The molecular weight excluding hydrogens is 310 g/mol. The molecule has 4 nitrogen and oxygen atoms in total. The molecule has 0 aliphatic heterocycles. The van der Waals surface area contributed by atoms with Crippen LogP contribution in [0.15, 0.2) is 59.0 Å². The van der Waals surface area contributed by atoms with E-state index in [1.807, 2.05) is 55.6 Å². The number of furan rings is 1. The second kappa shape index (κ2) is 5.48. The third kappa shape index (κ3) is 2.47. The first kappa shape index (κ1) is 13.9. The Labute approximate surface area is 138 Å². The molecule has 4 aromatic rings. The first-order chi connectivity index (χ1) is 11.2. The number of hydrogen-bond acceptors (Lipinski definition) is 3. The van der Waals surface area contributed by atoms with Crippen LogP contribution in [0.5, 0.6) is 0 Å². The molecule has 2 heterocycles. The number of H-pyrrole nitrogens is 1. The quantitative estimate of drug-likeness (QED) is 0.546. The summed E-state index contributed by atoms with van der Waals surface area (Å²) < 4.78 is 6.00. The van der Waals surface area contributed by atoms with Crippen LogP contribution >= 0.6 is 11.6 Å². The van der Waals surface area contributed by atoms with E-state index in [-0.39, 0.29) is 0 Å². The van der Waals surface area contributed by atoms with Crippen LogP contribution in [-0.2, 0) is 0 Å². The lowest BCUT2D eigenvalue weighted by Gasteiger charge is -2.00. The van der Waals surface area contributed by atoms with Gasteiger partial charge in [0.25, 0.3) is 0 Å². The summed E-state index contributed by atoms with van der Waals surface area (Å²) in [7, 11) is 1.85. The summed E-state index contributed by atoms with van der Waals surface area (Å²) in [4.78, 5) is 0. The maximum Gasteiger partial charge on any atom is 0.155 e. The molecule has 2 aromatic heterocycles. The van der Waals surface area contributed by atoms with Crippen molar-refractivity contribution in [2.75, 3.05) is 12.4 Å². The van der Waals surface area contributed by atoms with Crippen LogP contribution in [0.4, 0.5) is 5.82 Å². The molecular formula is C18H14ClN3O. The van der Waals surface area contributed by atoms with Gasteiger partial charge in [0.2, 0.25) is 0 Å². The van der Waals surface area contributed by atoms with E-state index in [0.717, 1.165) is 39.4 Å². The SMILES string of the molecule is CNc1n[nH]c2ccc(-c3ccc(-c4cccc(Cl)c4)o3)cc12. The monoisotopic (exact) mass is 323 g/mol. The summed E-state index contributed by atoms with van der Waals surface area (Å²) >= 11 is 6.05. The van der Waals surface area contributed by atoms with Crippen molar-refractivity contribution >= 4 is 28.3 Å². The van der Waals surface area contributed by atoms with Gasteiger partial charge in [-0.15, -0.1) is 0 Å². The minimum atomic E-state index is 0.693. The summed E-state index contributed by atoms with van der Waals surface area (Å²) in [5.41, 5.74) is 2.95. The number of fused-ring (bicyclic) bond motifs is 1. The standard InChI is InChI=1S/C18H14ClN3O/c1-20-18-14-10-12(5-6-15(14)21-22-18)17-8-7-16(23-17)11-3-2-4-13(19)9-11/h2-10H,1H3,(H2,20,21,22). The number of halogens is 1. The van der Waals surface area contributed by atoms with Gasteiger partial charge in [-0.1, -0.05) is 23.7 Å². The number of benzene rings is 2. The zero-order chi connectivity index (χ0) is 15.8. The van der Waals surface area contributed by atoms with Gasteiger partial charge in [-0.3, -0.25) is 5.10 Å². The lowest BCUT2D eigenvalue weighted by molar-refractivity contribution is 0.597. The number of nitrogens with zero attached hydrogens (tertiary/aromatic N) is 1. The van der Waals surface area contributed by atoms with E-state index in [1.165, 1.54) is 0 Å². The molecule has 5 heteroatoms. The van der Waals surface area contributed by atoms with Gasteiger partial charge < -0.3 is 9.73 Å². The third-order valence-corrected chi connectivity index (χ3v) is 4.03. The van der Waals surface area contributed by atoms with Crippen molar-refractivity contribution < 1.29 is 4.42 Å². The highest BCUT2D eigenvalue weighted by atomic mass is 35.5. The van der Waals surface area contributed by atoms with Gasteiger partial charge in [0.1, 0.15) is 11.5 Å². The Hall–Kier alpha value is -2.72. The highest BCUT2D eigenvalue weighted by Gasteiger charge is 2.10. The average Bonchev–Trinajstić information content (AvgIpc) is 3.21. The molecule has 2 N–H and O–H groups in total. The first-order valence-corrected chi connectivity index (χ1v) is 7.64. The fraction of sp³-hybridized carbons (Fsp3) is 0.0556. The summed E-state index contributed by atoms with van der Waals surface area (Å²) in [6, 6.07) is 17.6. The zero-order valence-electron chi connectivity index (χ0n) is 12.4. The van der Waals surface area contributed by atoms with E-state index in [1.54, 1.807) is 0 Å². The van der Waals surface area contributed by atoms with Gasteiger partial charge in [0.05, 0.1) is 5.52 Å². The smallest absolute Gasteiger partial charge is 0.155 e. The van der Waals surface area contributed by atoms with Crippen molar-refractivity contribution in [1.82, 2.24) is 10.2 Å². The van der Waals surface area contributed by atoms with Gasteiger partial charge in [-0.25, -0.2) is 0 Å². The molecule has 0 aliphatic carbocycles. The molecule has 0 amide bonds. The lowest BCUT2D eigenvalue weighted by Crippen LogP contribution is -1.87. The Morgan fingerprint density at radius 1 is 1.00 bits per heavy atom. The molecule has 2 aromatic carbocycles. The molecule has 0 atom stereocenters. The summed E-state index contributed by atoms with van der Waals surface area (Å²) in [5, 5.41) is 12.0. The molecule has 0 fully saturated rings. The minimum Gasteiger partial charge on any atom is -0.456 e. The van der Waals surface area contributed by atoms with Crippen molar-refractivity contribution in [3.05, 3.63) is 59.6 Å². The predicted molar refractivity (Wildman–Crippen MR) is 93.8 cm³/mol. The maximum atomic E-state index is 6.05. The molecule has 0 radical (unpaired) electrons. The largest absolute Gasteiger partial charge is 0.456 e. The highest BCUT2D eigenvalue weighted by molar-refractivity contribution is 6.30. The van der Waals surface area contributed by atoms with E-state index < -0.39 is 0 Å². The number of hydrogen-bond donors (Lipinski definition) is 2. The number of nitrogens with one attached hydrogen (secondary N) is 2. The Bertz CT molecular complexity index is 987. The van der Waals surface area contributed by atoms with Crippen LogP contribution in [0.2, 0.25) is 5.02 Å². The van der Waals surface area contributed by atoms with E-state index >= 15 is 0 Å². The topological polar surface area (TPSA) is 53.9 Å². The summed E-state index contributed by atoms with van der Waals surface area (Å²) in [6.07, 6.45) is 0. The van der Waals surface area contributed by atoms with Gasteiger partial charge in [-0.05, 0) is 42.5 Å². The Balaban J connectivity index is 1.76. The predicted octanol–water partition coefficient (Wildman–Crippen LogP) is 5.19. The number of anilines is 1. The molecule has 0 bridgehead atoms. The zero-order valence-corrected chi connectivity index (χ0v) is 13.2. The Kier molecular flexibility index (Phi) is 3.32. The van der Waals surface area contributed by atoms with Crippen LogP contribution in [0.3, 0.4) is 0 Å². The molecule has 4 rings (SSSR count). The Morgan fingerprint density at radius 3 is 2.52 bits per heavy atom. The summed E-state index contributed by atoms with van der Waals surface area (Å²) in [5.74, 6) is 2.43. The van der Waals surface area contributed by atoms with Crippen LogP contribution in [-0.4, -0.2) is 17.2 Å². The maximum absolute atomic E-state index is 6.05. The van der Waals surface area contributed by atoms with E-state index in [2.05, 4.69) is 21.6 Å². The fourth-order valence-corrected chi connectivity index (χ4v) is 2.84. The van der Waals surface area contributed by atoms with Gasteiger partial charge in [0.15, 0.2) is 5.82 Å².